The van der Waals surface area contributed by atoms with Crippen LogP contribution in [0.25, 0.3) is 0 Å². The van der Waals surface area contributed by atoms with E-state index in [0.717, 1.165) is 0 Å². The molecule has 2 aromatic rings. The highest BCUT2D eigenvalue weighted by atomic mass is 16.6. The fourth-order valence-corrected chi connectivity index (χ4v) is 3.74. The molecule has 11 heteroatoms. The van der Waals surface area contributed by atoms with Gasteiger partial charge in [0.2, 0.25) is 0 Å². The van der Waals surface area contributed by atoms with Crippen LogP contribution in [-0.4, -0.2) is 68.9 Å². The molecule has 33 heavy (non-hydrogen) atoms. The summed E-state index contributed by atoms with van der Waals surface area (Å²) >= 11 is 0. The summed E-state index contributed by atoms with van der Waals surface area (Å²) in [5.74, 6) is -2.18. The van der Waals surface area contributed by atoms with Gasteiger partial charge in [-0.15, -0.1) is 0 Å². The fourth-order valence-electron chi connectivity index (χ4n) is 3.74. The lowest BCUT2D eigenvalue weighted by molar-refractivity contribution is -0.147. The van der Waals surface area contributed by atoms with E-state index in [0.29, 0.717) is 5.56 Å². The highest BCUT2D eigenvalue weighted by Gasteiger charge is 2.48. The molecule has 0 radical (unpaired) electrons. The molecule has 1 aliphatic carbocycles. The Hall–Kier alpha value is -3.83. The van der Waals surface area contributed by atoms with Crippen LogP contribution in [0, 0.1) is 6.92 Å². The van der Waals surface area contributed by atoms with E-state index in [1.165, 1.54) is 36.4 Å². The summed E-state index contributed by atoms with van der Waals surface area (Å²) in [6.07, 6.45) is -7.66. The lowest BCUT2D eigenvalue weighted by atomic mass is 9.85. The smallest absolute Gasteiger partial charge is 0.404 e. The first-order valence-corrected chi connectivity index (χ1v) is 10.00. The summed E-state index contributed by atoms with van der Waals surface area (Å²) in [6, 6.07) is 8.70. The zero-order chi connectivity index (χ0) is 24.3. The molecule has 5 atom stereocenters. The van der Waals surface area contributed by atoms with E-state index in [-0.39, 0.29) is 29.0 Å². The SMILES string of the molecule is Cc1cccc(O)c1C(=O)OC1C(NC(=O)c2cccc(O)c2)CC(OC(N)=O)C(O)C1O. The van der Waals surface area contributed by atoms with Crippen molar-refractivity contribution in [1.29, 1.82) is 0 Å². The van der Waals surface area contributed by atoms with Gasteiger partial charge in [-0.1, -0.05) is 18.2 Å². The summed E-state index contributed by atoms with van der Waals surface area (Å²) in [5.41, 5.74) is 5.36. The second-order valence-electron chi connectivity index (χ2n) is 7.66. The van der Waals surface area contributed by atoms with E-state index >= 15 is 0 Å². The van der Waals surface area contributed by atoms with Crippen molar-refractivity contribution in [2.75, 3.05) is 0 Å². The number of rotatable bonds is 5. The minimum absolute atomic E-state index is 0.0737. The first kappa shape index (κ1) is 23.8. The average Bonchev–Trinajstić information content (AvgIpc) is 2.74. The van der Waals surface area contributed by atoms with Crippen molar-refractivity contribution in [2.45, 2.75) is 43.8 Å². The van der Waals surface area contributed by atoms with E-state index in [2.05, 4.69) is 5.32 Å². The van der Waals surface area contributed by atoms with E-state index in [1.807, 2.05) is 0 Å². The number of phenols is 2. The number of nitrogens with two attached hydrogens (primary N) is 1. The number of aromatic hydroxyl groups is 2. The Balaban J connectivity index is 1.89. The first-order valence-electron chi connectivity index (χ1n) is 10.00. The molecule has 1 saturated carbocycles. The highest BCUT2D eigenvalue weighted by molar-refractivity contribution is 5.95. The number of amides is 2. The van der Waals surface area contributed by atoms with Gasteiger partial charge in [-0.3, -0.25) is 4.79 Å². The molecule has 1 aliphatic rings. The van der Waals surface area contributed by atoms with Gasteiger partial charge in [0.25, 0.3) is 5.91 Å². The number of hydrogen-bond acceptors (Lipinski definition) is 9. The molecule has 0 aromatic heterocycles. The molecular formula is C22H24N2O9. The van der Waals surface area contributed by atoms with E-state index in [9.17, 15) is 34.8 Å². The molecule has 2 amide bonds. The number of primary amides is 1. The maximum absolute atomic E-state index is 12.8. The number of nitrogens with one attached hydrogen (secondary N) is 1. The Kier molecular flexibility index (Phi) is 7.04. The van der Waals surface area contributed by atoms with E-state index in [1.54, 1.807) is 13.0 Å². The number of aliphatic hydroxyl groups is 2. The molecule has 0 bridgehead atoms. The van der Waals surface area contributed by atoms with Crippen LogP contribution in [0.3, 0.4) is 0 Å². The lowest BCUT2D eigenvalue weighted by Gasteiger charge is -2.41. The van der Waals surface area contributed by atoms with Gasteiger partial charge in [-0.25, -0.2) is 9.59 Å². The van der Waals surface area contributed by atoms with Crippen LogP contribution in [-0.2, 0) is 9.47 Å². The number of hydrogen-bond donors (Lipinski definition) is 6. The Bertz CT molecular complexity index is 1040. The molecule has 176 valence electrons. The van der Waals surface area contributed by atoms with Gasteiger partial charge in [0.05, 0.1) is 6.04 Å². The van der Waals surface area contributed by atoms with Crippen molar-refractivity contribution in [3.8, 4) is 11.5 Å². The molecule has 0 aliphatic heterocycles. The maximum Gasteiger partial charge on any atom is 0.404 e. The Morgan fingerprint density at radius 2 is 1.73 bits per heavy atom. The fraction of sp³-hybridized carbons (Fsp3) is 0.318. The number of esters is 1. The van der Waals surface area contributed by atoms with Crippen molar-refractivity contribution in [1.82, 2.24) is 5.32 Å². The van der Waals surface area contributed by atoms with Crippen LogP contribution in [0.2, 0.25) is 0 Å². The number of phenolic OH excluding ortho intramolecular Hbond substituents is 2. The molecule has 0 spiro atoms. The predicted octanol–water partition coefficient (Wildman–Crippen LogP) is 0.320. The number of carbonyl (C=O) groups is 3. The third-order valence-electron chi connectivity index (χ3n) is 5.34. The summed E-state index contributed by atoms with van der Waals surface area (Å²) in [7, 11) is 0. The molecule has 7 N–H and O–H groups in total. The molecule has 0 heterocycles. The number of aryl methyl sites for hydroxylation is 1. The number of benzene rings is 2. The van der Waals surface area contributed by atoms with Crippen LogP contribution in [0.5, 0.6) is 11.5 Å². The largest absolute Gasteiger partial charge is 0.508 e. The van der Waals surface area contributed by atoms with E-state index < -0.39 is 48.4 Å². The summed E-state index contributed by atoms with van der Waals surface area (Å²) in [5, 5.41) is 43.3. The standard InChI is InChI=1S/C22H24N2O9/c1-10-4-2-7-14(26)16(10)21(30)33-19-13(9-15(32-22(23)31)17(27)18(19)28)24-20(29)11-5-3-6-12(25)8-11/h2-8,13,15,17-19,25-28H,9H2,1H3,(H2,23,31)(H,24,29). The van der Waals surface area contributed by atoms with Gasteiger partial charge >= 0.3 is 12.1 Å². The minimum Gasteiger partial charge on any atom is -0.508 e. The monoisotopic (exact) mass is 460 g/mol. The quantitative estimate of drug-likeness (QED) is 0.341. The third kappa shape index (κ3) is 5.33. The molecule has 11 nitrogen and oxygen atoms in total. The number of carbonyl (C=O) groups excluding carboxylic acids is 3. The van der Waals surface area contributed by atoms with Crippen molar-refractivity contribution < 1.29 is 44.3 Å². The average molecular weight is 460 g/mol. The maximum atomic E-state index is 12.8. The molecule has 0 saturated heterocycles. The third-order valence-corrected chi connectivity index (χ3v) is 5.34. The van der Waals surface area contributed by atoms with Crippen molar-refractivity contribution in [3.05, 3.63) is 59.2 Å². The van der Waals surface area contributed by atoms with Gasteiger partial charge in [0.15, 0.2) is 6.10 Å². The zero-order valence-electron chi connectivity index (χ0n) is 17.5. The van der Waals surface area contributed by atoms with Crippen LogP contribution in [0.4, 0.5) is 4.79 Å². The van der Waals surface area contributed by atoms with Crippen LogP contribution in [0.15, 0.2) is 42.5 Å². The normalized spacial score (nSPS) is 24.5. The number of aliphatic hydroxyl groups excluding tert-OH is 2. The Morgan fingerprint density at radius 3 is 2.36 bits per heavy atom. The van der Waals surface area contributed by atoms with E-state index in [4.69, 9.17) is 15.2 Å². The van der Waals surface area contributed by atoms with Crippen LogP contribution >= 0.6 is 0 Å². The molecule has 1 fully saturated rings. The molecule has 5 unspecified atom stereocenters. The predicted molar refractivity (Wildman–Crippen MR) is 112 cm³/mol. The summed E-state index contributed by atoms with van der Waals surface area (Å²) in [4.78, 5) is 36.7. The molecule has 3 rings (SSSR count). The first-order chi connectivity index (χ1) is 15.6. The van der Waals surface area contributed by atoms with Crippen molar-refractivity contribution in [3.63, 3.8) is 0 Å². The van der Waals surface area contributed by atoms with Gasteiger partial charge in [-0.05, 0) is 36.8 Å². The van der Waals surface area contributed by atoms with Crippen molar-refractivity contribution >= 4 is 18.0 Å². The van der Waals surface area contributed by atoms with Crippen LogP contribution < -0.4 is 11.1 Å². The minimum atomic E-state index is -1.77. The van der Waals surface area contributed by atoms with Crippen LogP contribution in [0.1, 0.15) is 32.7 Å². The van der Waals surface area contributed by atoms with Crippen molar-refractivity contribution in [2.24, 2.45) is 5.73 Å². The van der Waals surface area contributed by atoms with Gasteiger partial charge in [0, 0.05) is 12.0 Å². The Morgan fingerprint density at radius 1 is 1.03 bits per heavy atom. The second-order valence-corrected chi connectivity index (χ2v) is 7.66. The van der Waals surface area contributed by atoms with Gasteiger partial charge < -0.3 is 41.0 Å². The van der Waals surface area contributed by atoms with Gasteiger partial charge in [0.1, 0.15) is 35.4 Å². The number of ether oxygens (including phenoxy) is 2. The Labute approximate surface area is 188 Å². The highest BCUT2D eigenvalue weighted by Crippen LogP contribution is 2.29. The summed E-state index contributed by atoms with van der Waals surface area (Å²) < 4.78 is 10.2. The topological polar surface area (TPSA) is 189 Å². The molecule has 2 aromatic carbocycles. The second kappa shape index (κ2) is 9.76. The lowest BCUT2D eigenvalue weighted by Crippen LogP contribution is -2.63. The van der Waals surface area contributed by atoms with Gasteiger partial charge in [-0.2, -0.15) is 0 Å². The molecular weight excluding hydrogens is 436 g/mol. The summed E-state index contributed by atoms with van der Waals surface area (Å²) in [6.45, 7) is 1.57. The zero-order valence-corrected chi connectivity index (χ0v) is 17.5.